The van der Waals surface area contributed by atoms with Crippen LogP contribution < -0.4 is 5.32 Å². The Labute approximate surface area is 147 Å². The highest BCUT2D eigenvalue weighted by Crippen LogP contribution is 2.27. The molecule has 2 unspecified atom stereocenters. The largest absolute Gasteiger partial charge is 0.391 e. The quantitative estimate of drug-likeness (QED) is 0.886. The number of aliphatic hydroxyl groups is 1. The van der Waals surface area contributed by atoms with Crippen LogP contribution in [0, 0.1) is 6.92 Å². The zero-order valence-electron chi connectivity index (χ0n) is 14.2. The number of benzene rings is 1. The van der Waals surface area contributed by atoms with Crippen LogP contribution in [0.25, 0.3) is 0 Å². The van der Waals surface area contributed by atoms with Crippen LogP contribution >= 0.6 is 11.3 Å². The number of aryl methyl sites for hydroxylation is 1. The minimum absolute atomic E-state index is 0.00245. The van der Waals surface area contributed by atoms with Crippen molar-refractivity contribution in [3.05, 3.63) is 51.7 Å². The van der Waals surface area contributed by atoms with Gasteiger partial charge in [-0.3, -0.25) is 4.79 Å². The van der Waals surface area contributed by atoms with Gasteiger partial charge in [0.25, 0.3) is 5.91 Å². The van der Waals surface area contributed by atoms with Crippen LogP contribution in [0.1, 0.15) is 46.6 Å². The molecule has 2 atom stereocenters. The smallest absolute Gasteiger partial charge is 0.254 e. The van der Waals surface area contributed by atoms with Crippen molar-refractivity contribution in [2.24, 2.45) is 0 Å². The third kappa shape index (κ3) is 3.79. The minimum atomic E-state index is -0.397. The van der Waals surface area contributed by atoms with E-state index in [2.05, 4.69) is 30.6 Å². The molecule has 4 nitrogen and oxygen atoms in total. The summed E-state index contributed by atoms with van der Waals surface area (Å²) >= 11 is 1.74. The van der Waals surface area contributed by atoms with Crippen LogP contribution in [0.4, 0.5) is 5.69 Å². The highest BCUT2D eigenvalue weighted by molar-refractivity contribution is 7.10. The fourth-order valence-corrected chi connectivity index (χ4v) is 4.14. The molecule has 0 saturated carbocycles. The van der Waals surface area contributed by atoms with E-state index in [0.717, 1.165) is 25.1 Å². The number of aliphatic hydroxyl groups excluding tert-OH is 1. The number of hydrogen-bond acceptors (Lipinski definition) is 4. The second kappa shape index (κ2) is 7.36. The van der Waals surface area contributed by atoms with Gasteiger partial charge < -0.3 is 15.3 Å². The van der Waals surface area contributed by atoms with Gasteiger partial charge in [0.15, 0.2) is 0 Å². The molecule has 24 heavy (non-hydrogen) atoms. The number of β-amino-alcohol motifs (C(OH)–C–C–N with tert-alkyl or cyclic N) is 1. The molecule has 1 aliphatic rings. The highest BCUT2D eigenvalue weighted by Gasteiger charge is 2.23. The number of likely N-dealkylation sites (tertiary alicyclic amines) is 1. The van der Waals surface area contributed by atoms with Gasteiger partial charge in [0.2, 0.25) is 0 Å². The number of amides is 1. The molecule has 5 heteroatoms. The molecule has 0 aliphatic carbocycles. The van der Waals surface area contributed by atoms with Crippen LogP contribution in [0.2, 0.25) is 0 Å². The number of rotatable bonds is 4. The molecule has 0 radical (unpaired) electrons. The van der Waals surface area contributed by atoms with Gasteiger partial charge in [-0.2, -0.15) is 0 Å². The molecular weight excluding hydrogens is 320 g/mol. The molecular formula is C19H24N2O2S. The van der Waals surface area contributed by atoms with E-state index >= 15 is 0 Å². The zero-order chi connectivity index (χ0) is 17.1. The van der Waals surface area contributed by atoms with Crippen LogP contribution in [0.3, 0.4) is 0 Å². The van der Waals surface area contributed by atoms with Crippen LogP contribution in [-0.4, -0.2) is 35.1 Å². The van der Waals surface area contributed by atoms with E-state index in [1.165, 1.54) is 10.4 Å². The molecule has 0 bridgehead atoms. The topological polar surface area (TPSA) is 52.6 Å². The summed E-state index contributed by atoms with van der Waals surface area (Å²) in [5.74, 6) is -0.00245. The van der Waals surface area contributed by atoms with Gasteiger partial charge in [-0.05, 0) is 61.9 Å². The third-order valence-electron chi connectivity index (χ3n) is 4.47. The van der Waals surface area contributed by atoms with E-state index < -0.39 is 6.10 Å². The van der Waals surface area contributed by atoms with Crippen LogP contribution in [0.5, 0.6) is 0 Å². The molecule has 2 heterocycles. The number of nitrogens with one attached hydrogen (secondary N) is 1. The highest BCUT2D eigenvalue weighted by atomic mass is 32.1. The maximum absolute atomic E-state index is 12.7. The van der Waals surface area contributed by atoms with Crippen LogP contribution in [-0.2, 0) is 0 Å². The lowest BCUT2D eigenvalue weighted by atomic mass is 10.1. The van der Waals surface area contributed by atoms with Crippen molar-refractivity contribution < 1.29 is 9.90 Å². The lowest BCUT2D eigenvalue weighted by Gasteiger charge is -2.30. The molecule has 1 amide bonds. The average Bonchev–Trinajstić information content (AvgIpc) is 3.00. The Morgan fingerprint density at radius 3 is 2.96 bits per heavy atom. The van der Waals surface area contributed by atoms with E-state index in [1.54, 1.807) is 16.2 Å². The molecule has 1 aromatic carbocycles. The molecule has 2 N–H and O–H groups in total. The first-order valence-corrected chi connectivity index (χ1v) is 9.30. The van der Waals surface area contributed by atoms with Gasteiger partial charge in [-0.1, -0.05) is 6.07 Å². The predicted molar refractivity (Wildman–Crippen MR) is 98.7 cm³/mol. The Balaban J connectivity index is 1.72. The van der Waals surface area contributed by atoms with Crippen LogP contribution in [0.15, 0.2) is 35.7 Å². The normalized spacial score (nSPS) is 19.1. The number of carbonyl (C=O) groups is 1. The number of carbonyl (C=O) groups excluding carboxylic acids is 1. The van der Waals surface area contributed by atoms with Gasteiger partial charge in [-0.25, -0.2) is 0 Å². The SMILES string of the molecule is Cc1ccsc1C(C)Nc1cccc(C(=O)N2CCCC(O)C2)c1. The van der Waals surface area contributed by atoms with Crippen molar-refractivity contribution in [1.29, 1.82) is 0 Å². The number of piperidine rings is 1. The second-order valence-corrected chi connectivity index (χ2v) is 7.41. The Bertz CT molecular complexity index is 713. The van der Waals surface area contributed by atoms with E-state index in [4.69, 9.17) is 0 Å². The first-order valence-electron chi connectivity index (χ1n) is 8.42. The number of anilines is 1. The second-order valence-electron chi connectivity index (χ2n) is 6.46. The maximum atomic E-state index is 12.7. The molecule has 1 saturated heterocycles. The number of nitrogens with zero attached hydrogens (tertiary/aromatic N) is 1. The van der Waals surface area contributed by atoms with Crippen molar-refractivity contribution in [3.63, 3.8) is 0 Å². The summed E-state index contributed by atoms with van der Waals surface area (Å²) in [6, 6.07) is 9.97. The monoisotopic (exact) mass is 344 g/mol. The predicted octanol–water partition coefficient (Wildman–Crippen LogP) is 3.83. The average molecular weight is 344 g/mol. The summed E-state index contributed by atoms with van der Waals surface area (Å²) < 4.78 is 0. The van der Waals surface area contributed by atoms with Gasteiger partial charge in [0.1, 0.15) is 0 Å². The standard InChI is InChI=1S/C19H24N2O2S/c1-13-8-10-24-18(13)14(2)20-16-6-3-5-15(11-16)19(23)21-9-4-7-17(22)12-21/h3,5-6,8,10-11,14,17,20,22H,4,7,9,12H2,1-2H3. The fraction of sp³-hybridized carbons (Fsp3) is 0.421. The summed E-state index contributed by atoms with van der Waals surface area (Å²) in [4.78, 5) is 15.7. The van der Waals surface area contributed by atoms with E-state index in [0.29, 0.717) is 12.1 Å². The van der Waals surface area contributed by atoms with Gasteiger partial charge in [0, 0.05) is 29.2 Å². The lowest BCUT2D eigenvalue weighted by Crippen LogP contribution is -2.42. The van der Waals surface area contributed by atoms with Gasteiger partial charge in [0.05, 0.1) is 12.1 Å². The molecule has 1 aromatic heterocycles. The van der Waals surface area contributed by atoms with Crippen molar-refractivity contribution in [1.82, 2.24) is 4.90 Å². The van der Waals surface area contributed by atoms with Gasteiger partial charge in [-0.15, -0.1) is 11.3 Å². The van der Waals surface area contributed by atoms with E-state index in [-0.39, 0.29) is 11.9 Å². The van der Waals surface area contributed by atoms with Crippen molar-refractivity contribution >= 4 is 22.9 Å². The Morgan fingerprint density at radius 1 is 1.42 bits per heavy atom. The van der Waals surface area contributed by atoms with Crippen molar-refractivity contribution in [2.75, 3.05) is 18.4 Å². The van der Waals surface area contributed by atoms with Gasteiger partial charge >= 0.3 is 0 Å². The van der Waals surface area contributed by atoms with E-state index in [1.807, 2.05) is 24.3 Å². The number of thiophene rings is 1. The lowest BCUT2D eigenvalue weighted by molar-refractivity contribution is 0.0474. The summed E-state index contributed by atoms with van der Waals surface area (Å²) in [5.41, 5.74) is 2.90. The first kappa shape index (κ1) is 17.0. The Hall–Kier alpha value is -1.85. The molecule has 0 spiro atoms. The fourth-order valence-electron chi connectivity index (χ4n) is 3.21. The molecule has 1 aliphatic heterocycles. The summed E-state index contributed by atoms with van der Waals surface area (Å²) in [6.07, 6.45) is 1.24. The summed E-state index contributed by atoms with van der Waals surface area (Å²) in [5, 5.41) is 15.4. The van der Waals surface area contributed by atoms with Crippen molar-refractivity contribution in [2.45, 2.75) is 38.8 Å². The van der Waals surface area contributed by atoms with E-state index in [9.17, 15) is 9.90 Å². The van der Waals surface area contributed by atoms with Crippen molar-refractivity contribution in [3.8, 4) is 0 Å². The number of hydrogen-bond donors (Lipinski definition) is 2. The summed E-state index contributed by atoms with van der Waals surface area (Å²) in [7, 11) is 0. The first-order chi connectivity index (χ1) is 11.5. The molecule has 2 aromatic rings. The Morgan fingerprint density at radius 2 is 2.25 bits per heavy atom. The third-order valence-corrected chi connectivity index (χ3v) is 5.67. The molecule has 128 valence electrons. The minimum Gasteiger partial charge on any atom is -0.391 e. The zero-order valence-corrected chi connectivity index (χ0v) is 15.0. The molecule has 3 rings (SSSR count). The Kier molecular flexibility index (Phi) is 5.21. The summed E-state index contributed by atoms with van der Waals surface area (Å²) in [6.45, 7) is 5.40. The maximum Gasteiger partial charge on any atom is 0.254 e. The molecule has 1 fully saturated rings.